The Morgan fingerprint density at radius 2 is 1.29 bits per heavy atom. The van der Waals surface area contributed by atoms with Crippen LogP contribution in [0.2, 0.25) is 5.02 Å². The molecule has 0 unspecified atom stereocenters. The molecular weight excluding hydrogens is 980 g/mol. The number of carboxylic acid groups (broad SMARTS) is 2. The number of carbonyl (C=O) groups is 6. The Hall–Kier alpha value is -7.66. The molecule has 0 fully saturated rings. The Labute approximate surface area is 394 Å². The van der Waals surface area contributed by atoms with Crippen LogP contribution >= 0.6 is 23.4 Å². The number of aromatic nitrogens is 2. The first-order valence-electron chi connectivity index (χ1n) is 19.0. The predicted molar refractivity (Wildman–Crippen MR) is 227 cm³/mol. The summed E-state index contributed by atoms with van der Waals surface area (Å²) in [5.41, 5.74) is 18.9. The molecule has 10 N–H and O–H groups in total. The van der Waals surface area contributed by atoms with E-state index >= 15 is 0 Å². The average Bonchev–Trinajstić information content (AvgIpc) is 3.78. The van der Waals surface area contributed by atoms with Crippen molar-refractivity contribution >= 4 is 64.9 Å². The third kappa shape index (κ3) is 20.4. The first kappa shape index (κ1) is 57.5. The highest BCUT2D eigenvalue weighted by Crippen LogP contribution is 2.37. The zero-order valence-corrected chi connectivity index (χ0v) is 36.8. The lowest BCUT2D eigenvalue weighted by atomic mass is 9.97. The number of esters is 2. The van der Waals surface area contributed by atoms with Gasteiger partial charge in [-0.25, -0.2) is 19.6 Å². The van der Waals surface area contributed by atoms with E-state index in [-0.39, 0.29) is 85.5 Å². The number of thioether (sulfide) groups is 1. The van der Waals surface area contributed by atoms with Gasteiger partial charge >= 0.3 is 36.2 Å². The number of alkyl halides is 6. The second-order valence-electron chi connectivity index (χ2n) is 12.9. The number of aliphatic carboxylic acids is 2. The largest absolute Gasteiger partial charge is 0.490 e. The number of halogens is 7. The molecule has 370 valence electrons. The maximum Gasteiger partial charge on any atom is 0.490 e. The van der Waals surface area contributed by atoms with E-state index in [0.29, 0.717) is 27.9 Å². The normalized spacial score (nSPS) is 11.1. The Kier molecular flexibility index (Phi) is 23.2. The fraction of sp³-hybridized carbons (Fsp3) is 0.300. The molecule has 0 bridgehead atoms. The molecule has 29 heteroatoms. The Morgan fingerprint density at radius 3 is 1.78 bits per heavy atom. The van der Waals surface area contributed by atoms with E-state index in [2.05, 4.69) is 26.7 Å². The molecule has 0 aliphatic rings. The minimum absolute atomic E-state index is 0.000907. The number of benzene rings is 2. The van der Waals surface area contributed by atoms with Crippen LogP contribution in [0.3, 0.4) is 0 Å². The number of anilines is 1. The number of nitrogens with zero attached hydrogens (tertiary/aromatic N) is 4. The smallest absolute Gasteiger partial charge is 0.490 e. The summed E-state index contributed by atoms with van der Waals surface area (Å²) >= 11 is 7.18. The van der Waals surface area contributed by atoms with Crippen molar-refractivity contribution in [1.29, 1.82) is 10.5 Å². The van der Waals surface area contributed by atoms with Gasteiger partial charge in [-0.05, 0) is 42.0 Å². The number of nitriles is 2. The number of nitrogen functional groups attached to an aromatic ring is 1. The second-order valence-corrected chi connectivity index (χ2v) is 14.3. The van der Waals surface area contributed by atoms with Crippen molar-refractivity contribution in [2.45, 2.75) is 42.1 Å². The molecule has 69 heavy (non-hydrogen) atoms. The van der Waals surface area contributed by atoms with Gasteiger partial charge in [0.05, 0.1) is 37.2 Å². The zero-order valence-electron chi connectivity index (χ0n) is 35.2. The molecular formula is C40H38ClF6N9O12S. The summed E-state index contributed by atoms with van der Waals surface area (Å²) in [7, 11) is 0. The van der Waals surface area contributed by atoms with Crippen LogP contribution in [0.25, 0.3) is 22.6 Å². The quantitative estimate of drug-likeness (QED) is 0.0400. The van der Waals surface area contributed by atoms with Gasteiger partial charge in [-0.3, -0.25) is 19.2 Å². The van der Waals surface area contributed by atoms with Crippen molar-refractivity contribution in [2.24, 2.45) is 11.5 Å². The van der Waals surface area contributed by atoms with Gasteiger partial charge < -0.3 is 56.7 Å². The number of nitrogens with two attached hydrogens (primary N) is 3. The van der Waals surface area contributed by atoms with Gasteiger partial charge in [0, 0.05) is 35.0 Å². The van der Waals surface area contributed by atoms with Crippen LogP contribution in [0.5, 0.6) is 5.75 Å². The van der Waals surface area contributed by atoms with Gasteiger partial charge in [0.2, 0.25) is 17.7 Å². The third-order valence-corrected chi connectivity index (χ3v) is 9.14. The number of amides is 2. The van der Waals surface area contributed by atoms with Crippen LogP contribution in [0.15, 0.2) is 64.2 Å². The summed E-state index contributed by atoms with van der Waals surface area (Å²) in [6.07, 6.45) is -10.1. The van der Waals surface area contributed by atoms with E-state index in [1.54, 1.807) is 48.5 Å². The summed E-state index contributed by atoms with van der Waals surface area (Å²) in [5, 5.41) is 40.2. The first-order valence-corrected chi connectivity index (χ1v) is 20.4. The van der Waals surface area contributed by atoms with E-state index in [9.17, 15) is 56.0 Å². The number of rotatable bonds is 19. The van der Waals surface area contributed by atoms with Crippen molar-refractivity contribution in [3.63, 3.8) is 0 Å². The van der Waals surface area contributed by atoms with Crippen LogP contribution in [-0.4, -0.2) is 114 Å². The standard InChI is InChI=1S/C36H36ClN9O8S.2C2HF3O2/c37-23-5-1-22(2-6-23)35-45-24(17-53-35)20-55-36-28(14-39)33(27(13-38)34(42)46-36)21-3-7-25(8-4-21)51-18-26(54-32(50)10-12-44-30(48)16-41)19-52-31(49)9-11-43-29(47)15-40;2*3-2(4,5)1(6)7/h1-8,17,26H,9-12,15-16,18-20,40-41H2,(H2,42,46)(H,43,47)(H,44,48);2*(H,6,7)/t26-;;/m0../s1. The molecule has 0 spiro atoms. The number of ether oxygens (including phenoxy) is 3. The molecule has 2 heterocycles. The van der Waals surface area contributed by atoms with E-state index in [0.717, 1.165) is 5.56 Å². The lowest BCUT2D eigenvalue weighted by molar-refractivity contribution is -0.193. The summed E-state index contributed by atoms with van der Waals surface area (Å²) in [6.45, 7) is -1.10. The Bertz CT molecular complexity index is 2480. The van der Waals surface area contributed by atoms with Crippen molar-refractivity contribution in [2.75, 3.05) is 45.1 Å². The molecule has 21 nitrogen and oxygen atoms in total. The third-order valence-electron chi connectivity index (χ3n) is 7.88. The predicted octanol–water partition coefficient (Wildman–Crippen LogP) is 3.71. The van der Waals surface area contributed by atoms with E-state index < -0.39 is 54.1 Å². The highest BCUT2D eigenvalue weighted by Gasteiger charge is 2.39. The fourth-order valence-electron chi connectivity index (χ4n) is 4.71. The molecule has 2 amide bonds. The summed E-state index contributed by atoms with van der Waals surface area (Å²) in [5.74, 6) is -6.84. The van der Waals surface area contributed by atoms with Gasteiger partial charge in [-0.15, -0.1) is 0 Å². The molecule has 2 aromatic heterocycles. The lowest BCUT2D eigenvalue weighted by Gasteiger charge is -2.19. The van der Waals surface area contributed by atoms with E-state index in [1.165, 1.54) is 18.0 Å². The number of oxazole rings is 1. The molecule has 2 aromatic carbocycles. The molecule has 0 aliphatic carbocycles. The summed E-state index contributed by atoms with van der Waals surface area (Å²) in [6, 6.07) is 17.6. The number of nitrogens with one attached hydrogen (secondary N) is 2. The van der Waals surface area contributed by atoms with Crippen LogP contribution in [-0.2, 0) is 44.0 Å². The maximum atomic E-state index is 12.5. The van der Waals surface area contributed by atoms with Gasteiger partial charge in [-0.1, -0.05) is 35.5 Å². The molecule has 0 aliphatic heterocycles. The van der Waals surface area contributed by atoms with E-state index in [4.69, 9.17) is 67.2 Å². The van der Waals surface area contributed by atoms with Crippen LogP contribution in [0.1, 0.15) is 29.7 Å². The van der Waals surface area contributed by atoms with E-state index in [1.807, 2.05) is 6.07 Å². The molecule has 4 aromatic rings. The van der Waals surface area contributed by atoms with Gasteiger partial charge in [0.25, 0.3) is 0 Å². The van der Waals surface area contributed by atoms with Crippen molar-refractivity contribution in [1.82, 2.24) is 20.6 Å². The molecule has 0 radical (unpaired) electrons. The second kappa shape index (κ2) is 27.9. The van der Waals surface area contributed by atoms with Crippen LogP contribution in [0.4, 0.5) is 32.2 Å². The fourth-order valence-corrected chi connectivity index (χ4v) is 5.71. The monoisotopic (exact) mass is 1020 g/mol. The minimum atomic E-state index is -5.08. The maximum absolute atomic E-state index is 12.5. The number of pyridine rings is 1. The van der Waals surface area contributed by atoms with Gasteiger partial charge in [0.1, 0.15) is 53.8 Å². The van der Waals surface area contributed by atoms with Crippen molar-refractivity contribution in [3.8, 4) is 40.5 Å². The molecule has 4 rings (SSSR count). The number of carbonyl (C=O) groups excluding carboxylic acids is 4. The highest BCUT2D eigenvalue weighted by molar-refractivity contribution is 7.98. The summed E-state index contributed by atoms with van der Waals surface area (Å²) < 4.78 is 85.6. The Morgan fingerprint density at radius 1 is 0.783 bits per heavy atom. The molecule has 0 saturated carbocycles. The van der Waals surface area contributed by atoms with Gasteiger partial charge in [-0.2, -0.15) is 36.9 Å². The highest BCUT2D eigenvalue weighted by atomic mass is 35.5. The topological polar surface area (TPSA) is 359 Å². The first-order chi connectivity index (χ1) is 32.4. The van der Waals surface area contributed by atoms with Gasteiger partial charge in [0.15, 0.2) is 6.10 Å². The van der Waals surface area contributed by atoms with Crippen LogP contribution < -0.4 is 32.6 Å². The minimum Gasteiger partial charge on any atom is -0.490 e. The van der Waals surface area contributed by atoms with Crippen LogP contribution in [0, 0.1) is 22.7 Å². The number of hydrogen-bond donors (Lipinski definition) is 7. The summed E-state index contributed by atoms with van der Waals surface area (Å²) in [4.78, 5) is 74.1. The number of carboxylic acids is 2. The average molecular weight is 1020 g/mol. The molecule has 1 atom stereocenters. The van der Waals surface area contributed by atoms with Crippen molar-refractivity contribution in [3.05, 3.63) is 76.6 Å². The lowest BCUT2D eigenvalue weighted by Crippen LogP contribution is -2.35. The van der Waals surface area contributed by atoms with Crippen molar-refractivity contribution < 1.29 is 84.0 Å². The number of hydrogen-bond acceptors (Lipinski definition) is 18. The Balaban J connectivity index is 0.00000101. The zero-order chi connectivity index (χ0) is 51.9. The molecule has 0 saturated heterocycles. The SMILES string of the molecule is N#Cc1c(N)nc(SCc2coc(-c3ccc(Cl)cc3)n2)c(C#N)c1-c1ccc(OC[C@@H](COC(=O)CCNC(=O)CN)OC(=O)CCNC(=O)CN)cc1.O=C(O)C(F)(F)F.O=C(O)C(F)(F)F.